The van der Waals surface area contributed by atoms with Crippen molar-refractivity contribution in [2.75, 3.05) is 13.1 Å². The minimum Gasteiger partial charge on any atom is -0.326 e. The van der Waals surface area contributed by atoms with Crippen molar-refractivity contribution in [3.63, 3.8) is 0 Å². The van der Waals surface area contributed by atoms with Crippen LogP contribution >= 0.6 is 0 Å². The normalized spacial score (nSPS) is 27.7. The van der Waals surface area contributed by atoms with Crippen LogP contribution in [-0.4, -0.2) is 18.0 Å². The van der Waals surface area contributed by atoms with Crippen molar-refractivity contribution in [1.82, 2.24) is 4.90 Å². The third-order valence-corrected chi connectivity index (χ3v) is 4.54. The van der Waals surface area contributed by atoms with Crippen LogP contribution in [0.5, 0.6) is 0 Å². The van der Waals surface area contributed by atoms with Crippen LogP contribution in [0, 0.1) is 17.7 Å². The first kappa shape index (κ1) is 12.1. The Morgan fingerprint density at radius 2 is 1.94 bits per heavy atom. The first-order chi connectivity index (χ1) is 8.76. The van der Waals surface area contributed by atoms with Crippen molar-refractivity contribution in [1.29, 1.82) is 0 Å². The summed E-state index contributed by atoms with van der Waals surface area (Å²) in [4.78, 5) is 2.41. The molecule has 1 aliphatic heterocycles. The minimum atomic E-state index is -0.0933. The van der Waals surface area contributed by atoms with Crippen molar-refractivity contribution in [3.8, 4) is 0 Å². The molecule has 3 rings (SSSR count). The summed E-state index contributed by atoms with van der Waals surface area (Å²) in [6.07, 6.45) is 4.12. The first-order valence-electron chi connectivity index (χ1n) is 6.96. The molecular weight excluding hydrogens is 227 g/mol. The van der Waals surface area contributed by atoms with E-state index in [-0.39, 0.29) is 5.82 Å². The second-order valence-corrected chi connectivity index (χ2v) is 5.78. The average molecular weight is 248 g/mol. The van der Waals surface area contributed by atoms with Gasteiger partial charge >= 0.3 is 0 Å². The summed E-state index contributed by atoms with van der Waals surface area (Å²) in [6.45, 7) is 3.53. The number of likely N-dealkylation sites (tertiary alicyclic amines) is 1. The molecule has 0 spiro atoms. The van der Waals surface area contributed by atoms with E-state index in [4.69, 9.17) is 5.73 Å². The lowest BCUT2D eigenvalue weighted by Crippen LogP contribution is -2.22. The molecule has 2 atom stereocenters. The molecule has 2 aliphatic rings. The number of halogens is 1. The number of nitrogens with zero attached hydrogens (tertiary/aromatic N) is 1. The molecule has 2 nitrogen and oxygen atoms in total. The Hall–Kier alpha value is -0.930. The zero-order chi connectivity index (χ0) is 12.5. The summed E-state index contributed by atoms with van der Waals surface area (Å²) in [5.41, 5.74) is 7.44. The average Bonchev–Trinajstić information content (AvgIpc) is 2.92. The van der Waals surface area contributed by atoms with Crippen molar-refractivity contribution in [2.24, 2.45) is 17.6 Å². The molecule has 1 heterocycles. The molecular formula is C15H21FN2. The maximum Gasteiger partial charge on any atom is 0.127 e. The summed E-state index contributed by atoms with van der Waals surface area (Å²) in [7, 11) is 0. The molecule has 0 aromatic heterocycles. The highest BCUT2D eigenvalue weighted by Gasteiger charge is 2.35. The second-order valence-electron chi connectivity index (χ2n) is 5.78. The molecule has 1 aromatic carbocycles. The van der Waals surface area contributed by atoms with Gasteiger partial charge in [0.25, 0.3) is 0 Å². The lowest BCUT2D eigenvalue weighted by Gasteiger charge is -2.17. The number of nitrogens with two attached hydrogens (primary N) is 1. The van der Waals surface area contributed by atoms with Gasteiger partial charge in [-0.05, 0) is 36.3 Å². The molecule has 1 saturated carbocycles. The fourth-order valence-corrected chi connectivity index (χ4v) is 3.58. The van der Waals surface area contributed by atoms with Gasteiger partial charge in [-0.3, -0.25) is 4.90 Å². The fourth-order valence-electron chi connectivity index (χ4n) is 3.58. The van der Waals surface area contributed by atoms with Crippen molar-refractivity contribution >= 4 is 0 Å². The van der Waals surface area contributed by atoms with E-state index >= 15 is 0 Å². The van der Waals surface area contributed by atoms with Crippen LogP contribution in [0.1, 0.15) is 30.4 Å². The van der Waals surface area contributed by atoms with Gasteiger partial charge in [-0.1, -0.05) is 18.6 Å². The zero-order valence-electron chi connectivity index (χ0n) is 10.7. The topological polar surface area (TPSA) is 29.3 Å². The Labute approximate surface area is 108 Å². The Balaban J connectivity index is 1.69. The summed E-state index contributed by atoms with van der Waals surface area (Å²) in [5, 5.41) is 0. The van der Waals surface area contributed by atoms with Crippen LogP contribution in [0.3, 0.4) is 0 Å². The SMILES string of the molecule is NCc1ccc(F)c(CN2CC3CCCC3C2)c1. The van der Waals surface area contributed by atoms with Gasteiger partial charge < -0.3 is 5.73 Å². The van der Waals surface area contributed by atoms with Crippen molar-refractivity contribution in [2.45, 2.75) is 32.4 Å². The summed E-state index contributed by atoms with van der Waals surface area (Å²) in [5.74, 6) is 1.64. The van der Waals surface area contributed by atoms with E-state index in [0.717, 1.165) is 42.6 Å². The van der Waals surface area contributed by atoms with Gasteiger partial charge in [0.2, 0.25) is 0 Å². The van der Waals surface area contributed by atoms with E-state index in [1.54, 1.807) is 12.1 Å². The quantitative estimate of drug-likeness (QED) is 0.890. The third kappa shape index (κ3) is 2.29. The van der Waals surface area contributed by atoms with Gasteiger partial charge in [-0.25, -0.2) is 4.39 Å². The largest absolute Gasteiger partial charge is 0.326 e. The Morgan fingerprint density at radius 1 is 1.22 bits per heavy atom. The highest BCUT2D eigenvalue weighted by Crippen LogP contribution is 2.38. The van der Waals surface area contributed by atoms with E-state index in [1.807, 2.05) is 6.07 Å². The smallest absolute Gasteiger partial charge is 0.127 e. The van der Waals surface area contributed by atoms with E-state index < -0.39 is 0 Å². The van der Waals surface area contributed by atoms with Crippen LogP contribution < -0.4 is 5.73 Å². The van der Waals surface area contributed by atoms with Crippen LogP contribution in [0.2, 0.25) is 0 Å². The van der Waals surface area contributed by atoms with Gasteiger partial charge in [0.15, 0.2) is 0 Å². The van der Waals surface area contributed by atoms with Gasteiger partial charge in [-0.2, -0.15) is 0 Å². The number of fused-ring (bicyclic) bond motifs is 1. The zero-order valence-corrected chi connectivity index (χ0v) is 10.7. The molecule has 18 heavy (non-hydrogen) atoms. The predicted molar refractivity (Wildman–Crippen MR) is 70.4 cm³/mol. The molecule has 1 aliphatic carbocycles. The Bertz CT molecular complexity index is 421. The maximum atomic E-state index is 13.8. The number of benzene rings is 1. The van der Waals surface area contributed by atoms with Gasteiger partial charge in [0.1, 0.15) is 5.82 Å². The molecule has 2 unspecified atom stereocenters. The molecule has 98 valence electrons. The molecule has 0 radical (unpaired) electrons. The predicted octanol–water partition coefficient (Wildman–Crippen LogP) is 2.52. The van der Waals surface area contributed by atoms with Crippen LogP contribution in [0.15, 0.2) is 18.2 Å². The summed E-state index contributed by atoms with van der Waals surface area (Å²) < 4.78 is 13.8. The fraction of sp³-hybridized carbons (Fsp3) is 0.600. The number of hydrogen-bond donors (Lipinski definition) is 1. The van der Waals surface area contributed by atoms with Crippen LogP contribution in [-0.2, 0) is 13.1 Å². The summed E-state index contributed by atoms with van der Waals surface area (Å²) in [6, 6.07) is 5.25. The highest BCUT2D eigenvalue weighted by molar-refractivity contribution is 5.25. The Morgan fingerprint density at radius 3 is 2.61 bits per heavy atom. The van der Waals surface area contributed by atoms with Gasteiger partial charge in [0, 0.05) is 31.7 Å². The molecule has 0 amide bonds. The molecule has 1 saturated heterocycles. The number of hydrogen-bond acceptors (Lipinski definition) is 2. The lowest BCUT2D eigenvalue weighted by atomic mass is 10.0. The molecule has 3 heteroatoms. The molecule has 1 aromatic rings. The number of rotatable bonds is 3. The van der Waals surface area contributed by atoms with E-state index in [1.165, 1.54) is 19.3 Å². The summed E-state index contributed by atoms with van der Waals surface area (Å²) >= 11 is 0. The van der Waals surface area contributed by atoms with E-state index in [9.17, 15) is 4.39 Å². The van der Waals surface area contributed by atoms with Crippen LogP contribution in [0.4, 0.5) is 4.39 Å². The van der Waals surface area contributed by atoms with Crippen molar-refractivity contribution < 1.29 is 4.39 Å². The van der Waals surface area contributed by atoms with Gasteiger partial charge in [-0.15, -0.1) is 0 Å². The van der Waals surface area contributed by atoms with Crippen molar-refractivity contribution in [3.05, 3.63) is 35.1 Å². The van der Waals surface area contributed by atoms with Crippen LogP contribution in [0.25, 0.3) is 0 Å². The Kier molecular flexibility index (Phi) is 3.35. The minimum absolute atomic E-state index is 0.0933. The molecule has 2 fully saturated rings. The monoisotopic (exact) mass is 248 g/mol. The second kappa shape index (κ2) is 4.98. The standard InChI is InChI=1S/C15H21FN2/c16-15-5-4-11(7-17)6-14(15)10-18-8-12-2-1-3-13(12)9-18/h4-6,12-13H,1-3,7-10,17H2. The maximum absolute atomic E-state index is 13.8. The molecule has 2 N–H and O–H groups in total. The first-order valence-corrected chi connectivity index (χ1v) is 6.96. The highest BCUT2D eigenvalue weighted by atomic mass is 19.1. The van der Waals surface area contributed by atoms with Gasteiger partial charge in [0.05, 0.1) is 0 Å². The van der Waals surface area contributed by atoms with E-state index in [2.05, 4.69) is 4.90 Å². The third-order valence-electron chi connectivity index (χ3n) is 4.54. The lowest BCUT2D eigenvalue weighted by molar-refractivity contribution is 0.298. The molecule has 0 bridgehead atoms. The van der Waals surface area contributed by atoms with E-state index in [0.29, 0.717) is 6.54 Å².